The highest BCUT2D eigenvalue weighted by Crippen LogP contribution is 2.29. The normalized spacial score (nSPS) is 12.4. The fourth-order valence-electron chi connectivity index (χ4n) is 4.43. The zero-order valence-electron chi connectivity index (χ0n) is 25.2. The third kappa shape index (κ3) is 9.88. The molecule has 0 saturated carbocycles. The van der Waals surface area contributed by atoms with Gasteiger partial charge >= 0.3 is 18.1 Å². The number of hydrogen-bond acceptors (Lipinski definition) is 10. The number of nitrogen functional groups attached to an aromatic ring is 1. The molecule has 3 aromatic carbocycles. The summed E-state index contributed by atoms with van der Waals surface area (Å²) >= 11 is 0. The Morgan fingerprint density at radius 1 is 0.938 bits per heavy atom. The number of nitrogens with zero attached hydrogens (tertiary/aromatic N) is 2. The van der Waals surface area contributed by atoms with Crippen molar-refractivity contribution >= 4 is 60.0 Å². The van der Waals surface area contributed by atoms with Crippen LogP contribution in [0.5, 0.6) is 0 Å². The number of fused-ring (bicyclic) bond motifs is 1. The molecule has 256 valence electrons. The molecule has 0 saturated heterocycles. The third-order valence-corrected chi connectivity index (χ3v) is 8.85. The van der Waals surface area contributed by atoms with Crippen molar-refractivity contribution in [3.63, 3.8) is 0 Å². The Kier molecular flexibility index (Phi) is 11.4. The average Bonchev–Trinajstić information content (AvgIpc) is 2.99. The quantitative estimate of drug-likeness (QED) is 0.186. The van der Waals surface area contributed by atoms with E-state index in [0.29, 0.717) is 32.1 Å². The van der Waals surface area contributed by atoms with E-state index in [4.69, 9.17) is 15.6 Å². The highest BCUT2D eigenvalue weighted by atomic mass is 32.2. The van der Waals surface area contributed by atoms with Crippen LogP contribution >= 0.6 is 0 Å². The number of benzene rings is 3. The molecule has 0 radical (unpaired) electrons. The number of aliphatic carboxylic acids is 2. The van der Waals surface area contributed by atoms with E-state index in [2.05, 4.69) is 10.3 Å². The first-order chi connectivity index (χ1) is 22.2. The first kappa shape index (κ1) is 37.2. The Morgan fingerprint density at radius 2 is 1.54 bits per heavy atom. The maximum absolute atomic E-state index is 13.5. The monoisotopic (exact) mass is 710 g/mol. The largest absolute Gasteiger partial charge is 0.490 e. The lowest BCUT2D eigenvalue weighted by atomic mass is 10.0. The average molecular weight is 711 g/mol. The second-order valence-electron chi connectivity index (χ2n) is 10.3. The van der Waals surface area contributed by atoms with Crippen LogP contribution in [0.1, 0.15) is 5.56 Å². The van der Waals surface area contributed by atoms with Crippen molar-refractivity contribution in [2.24, 2.45) is 0 Å². The topological polar surface area (TPSA) is 214 Å². The zero-order chi connectivity index (χ0) is 36.0. The number of carbonyl (C=O) groups excluding carboxylic acids is 1. The van der Waals surface area contributed by atoms with E-state index in [1.807, 2.05) is 0 Å². The van der Waals surface area contributed by atoms with Gasteiger partial charge in [0.2, 0.25) is 10.0 Å². The lowest BCUT2D eigenvalue weighted by molar-refractivity contribution is -0.192. The number of nitrogens with two attached hydrogens (primary N) is 1. The number of pyridine rings is 1. The molecule has 1 heterocycles. The summed E-state index contributed by atoms with van der Waals surface area (Å²) in [5.41, 5.74) is 8.18. The summed E-state index contributed by atoms with van der Waals surface area (Å²) in [5.74, 6) is -4.91. The van der Waals surface area contributed by atoms with Crippen LogP contribution in [-0.2, 0) is 40.7 Å². The summed E-state index contributed by atoms with van der Waals surface area (Å²) in [5, 5.41) is 20.9. The van der Waals surface area contributed by atoms with Gasteiger partial charge in [-0.3, -0.25) is 9.59 Å². The second-order valence-corrected chi connectivity index (χ2v) is 14.2. The molecule has 4 rings (SSSR count). The molecular formula is C30H29F3N4O9S2. The minimum absolute atomic E-state index is 0.00654. The summed E-state index contributed by atoms with van der Waals surface area (Å²) in [6.45, 7) is -1.04. The highest BCUT2D eigenvalue weighted by Gasteiger charge is 2.38. The number of aromatic nitrogens is 1. The number of halogens is 3. The predicted octanol–water partition coefficient (Wildman–Crippen LogP) is 3.42. The Morgan fingerprint density at radius 3 is 2.08 bits per heavy atom. The smallest absolute Gasteiger partial charge is 0.480 e. The Hall–Kier alpha value is -5.23. The van der Waals surface area contributed by atoms with Crippen LogP contribution in [0.15, 0.2) is 83.9 Å². The lowest BCUT2D eigenvalue weighted by Crippen LogP contribution is -2.48. The number of sulfone groups is 1. The summed E-state index contributed by atoms with van der Waals surface area (Å²) in [6.07, 6.45) is -1.63. The molecule has 1 aromatic heterocycles. The predicted molar refractivity (Wildman–Crippen MR) is 170 cm³/mol. The van der Waals surface area contributed by atoms with Gasteiger partial charge in [-0.1, -0.05) is 42.5 Å². The number of sulfonamides is 1. The molecule has 0 unspecified atom stereocenters. The van der Waals surface area contributed by atoms with E-state index in [1.165, 1.54) is 6.07 Å². The van der Waals surface area contributed by atoms with Crippen LogP contribution in [0, 0.1) is 0 Å². The van der Waals surface area contributed by atoms with E-state index < -0.39 is 56.5 Å². The molecule has 1 atom stereocenters. The number of carboxylic acids is 2. The molecule has 0 aliphatic heterocycles. The maximum atomic E-state index is 13.5. The minimum atomic E-state index is -5.08. The third-order valence-electron chi connectivity index (χ3n) is 6.59. The highest BCUT2D eigenvalue weighted by molar-refractivity contribution is 7.90. The summed E-state index contributed by atoms with van der Waals surface area (Å²) in [4.78, 5) is 38.1. The number of carbonyl (C=O) groups is 3. The first-order valence-corrected chi connectivity index (χ1v) is 17.2. The van der Waals surface area contributed by atoms with Gasteiger partial charge in [0, 0.05) is 35.5 Å². The van der Waals surface area contributed by atoms with Crippen molar-refractivity contribution in [1.82, 2.24) is 9.29 Å². The van der Waals surface area contributed by atoms with Gasteiger partial charge < -0.3 is 21.3 Å². The summed E-state index contributed by atoms with van der Waals surface area (Å²) in [6, 6.07) is 19.0. The fraction of sp³-hybridized carbons (Fsp3) is 0.200. The van der Waals surface area contributed by atoms with E-state index in [-0.39, 0.29) is 17.1 Å². The number of amides is 1. The van der Waals surface area contributed by atoms with Crippen LogP contribution in [0.3, 0.4) is 0 Å². The molecule has 0 spiro atoms. The molecule has 0 aliphatic rings. The van der Waals surface area contributed by atoms with E-state index in [1.54, 1.807) is 72.9 Å². The SMILES string of the molecule is CS(=O)(=O)c1ccccc1-c1ccc(N[C@@H](Cc2ccc3ccnc(N)c3c2)C(=O)N(CC(=O)O)S(C)(=O)=O)cc1.O=C(O)C(F)(F)F. The maximum Gasteiger partial charge on any atom is 0.490 e. The molecule has 18 heteroatoms. The van der Waals surface area contributed by atoms with E-state index in [9.17, 15) is 44.7 Å². The molecule has 48 heavy (non-hydrogen) atoms. The van der Waals surface area contributed by atoms with Gasteiger partial charge in [0.1, 0.15) is 18.4 Å². The van der Waals surface area contributed by atoms with Gasteiger partial charge in [0.05, 0.1) is 11.2 Å². The van der Waals surface area contributed by atoms with E-state index >= 15 is 0 Å². The standard InChI is InChI=1S/C28H28N4O7S2.C2HF3O2/c1-40(36,37)25-6-4-3-5-22(25)19-9-11-21(12-10-19)31-24(28(35)32(17-26(33)34)41(2,38)39)16-18-7-8-20-13-14-30-27(29)23(20)15-18;3-2(4,5)1(6)7/h3-15,24,31H,16-17H2,1-2H3,(H2,29,30)(H,33,34);(H,6,7)/t24-;/m0./s1. The summed E-state index contributed by atoms with van der Waals surface area (Å²) < 4.78 is 81.3. The molecular weight excluding hydrogens is 681 g/mol. The molecule has 0 bridgehead atoms. The Bertz CT molecular complexity index is 2060. The fourth-order valence-corrected chi connectivity index (χ4v) is 6.14. The number of anilines is 2. The van der Waals surface area contributed by atoms with Crippen molar-refractivity contribution in [1.29, 1.82) is 0 Å². The van der Waals surface area contributed by atoms with Crippen LogP contribution in [0.4, 0.5) is 24.7 Å². The Balaban J connectivity index is 0.000000804. The first-order valence-electron chi connectivity index (χ1n) is 13.5. The Labute approximate surface area is 272 Å². The van der Waals surface area contributed by atoms with Crippen LogP contribution in [0.25, 0.3) is 21.9 Å². The second kappa shape index (κ2) is 14.7. The number of alkyl halides is 3. The number of nitrogens with one attached hydrogen (secondary N) is 1. The van der Waals surface area contributed by atoms with Gasteiger partial charge in [0.15, 0.2) is 9.84 Å². The van der Waals surface area contributed by atoms with Crippen molar-refractivity contribution in [2.45, 2.75) is 23.5 Å². The molecule has 4 aromatic rings. The van der Waals surface area contributed by atoms with Gasteiger partial charge in [-0.15, -0.1) is 0 Å². The van der Waals surface area contributed by atoms with Crippen LogP contribution < -0.4 is 11.1 Å². The molecule has 13 nitrogen and oxygen atoms in total. The van der Waals surface area contributed by atoms with Crippen LogP contribution in [0.2, 0.25) is 0 Å². The van der Waals surface area contributed by atoms with Crippen molar-refractivity contribution < 1.29 is 54.6 Å². The minimum Gasteiger partial charge on any atom is -0.480 e. The lowest BCUT2D eigenvalue weighted by Gasteiger charge is -2.26. The number of hydrogen-bond donors (Lipinski definition) is 4. The zero-order valence-corrected chi connectivity index (χ0v) is 26.8. The van der Waals surface area contributed by atoms with E-state index in [0.717, 1.165) is 17.9 Å². The molecule has 0 aliphatic carbocycles. The van der Waals surface area contributed by atoms with Gasteiger partial charge in [0.25, 0.3) is 5.91 Å². The number of carboxylic acid groups (broad SMARTS) is 2. The van der Waals surface area contributed by atoms with Crippen molar-refractivity contribution in [3.8, 4) is 11.1 Å². The summed E-state index contributed by atoms with van der Waals surface area (Å²) in [7, 11) is -7.71. The van der Waals surface area contributed by atoms with Gasteiger partial charge in [-0.25, -0.2) is 30.9 Å². The van der Waals surface area contributed by atoms with Gasteiger partial charge in [-0.05, 0) is 46.8 Å². The van der Waals surface area contributed by atoms with Crippen LogP contribution in [-0.4, -0.2) is 85.5 Å². The van der Waals surface area contributed by atoms with Crippen molar-refractivity contribution in [2.75, 3.05) is 30.1 Å². The van der Waals surface area contributed by atoms with Crippen molar-refractivity contribution in [3.05, 3.63) is 84.6 Å². The number of rotatable bonds is 10. The molecule has 1 amide bonds. The van der Waals surface area contributed by atoms with Gasteiger partial charge in [-0.2, -0.15) is 13.2 Å². The molecule has 5 N–H and O–H groups in total. The molecule has 0 fully saturated rings.